The molecule has 4 heteroatoms. The van der Waals surface area contributed by atoms with E-state index in [0.29, 0.717) is 13.0 Å². The van der Waals surface area contributed by atoms with Gasteiger partial charge in [-0.05, 0) is 37.5 Å². The molecule has 0 fully saturated rings. The predicted octanol–water partition coefficient (Wildman–Crippen LogP) is 4.70. The van der Waals surface area contributed by atoms with Crippen LogP contribution in [0, 0.1) is 6.92 Å². The Kier molecular flexibility index (Phi) is 8.20. The van der Waals surface area contributed by atoms with Gasteiger partial charge in [-0.15, -0.1) is 0 Å². The summed E-state index contributed by atoms with van der Waals surface area (Å²) >= 11 is 0. The summed E-state index contributed by atoms with van der Waals surface area (Å²) in [5, 5.41) is 3.02. The van der Waals surface area contributed by atoms with Gasteiger partial charge in [0.05, 0.1) is 6.42 Å². The summed E-state index contributed by atoms with van der Waals surface area (Å²) in [5.74, 6) is -0.186. The lowest BCUT2D eigenvalue weighted by molar-refractivity contribution is -0.141. The SMILES string of the molecule is Cc1ccc(CN(C(=O)Cc2ccccc2)[C@@H](Cc2ccccc2)C(=O)NC(C)C)cc1. The molecule has 0 heterocycles. The first-order valence-corrected chi connectivity index (χ1v) is 11.2. The summed E-state index contributed by atoms with van der Waals surface area (Å²) in [6.45, 7) is 6.30. The van der Waals surface area contributed by atoms with Crippen molar-refractivity contribution in [3.8, 4) is 0 Å². The third-order valence-corrected chi connectivity index (χ3v) is 5.37. The van der Waals surface area contributed by atoms with E-state index < -0.39 is 6.04 Å². The van der Waals surface area contributed by atoms with Crippen LogP contribution in [0.3, 0.4) is 0 Å². The van der Waals surface area contributed by atoms with Crippen LogP contribution in [0.5, 0.6) is 0 Å². The van der Waals surface area contributed by atoms with Gasteiger partial charge in [0.2, 0.25) is 11.8 Å². The smallest absolute Gasteiger partial charge is 0.243 e. The zero-order valence-electron chi connectivity index (χ0n) is 19.1. The van der Waals surface area contributed by atoms with Gasteiger partial charge < -0.3 is 10.2 Å². The molecule has 32 heavy (non-hydrogen) atoms. The molecule has 4 nitrogen and oxygen atoms in total. The second-order valence-corrected chi connectivity index (χ2v) is 8.54. The van der Waals surface area contributed by atoms with E-state index in [9.17, 15) is 9.59 Å². The van der Waals surface area contributed by atoms with E-state index in [1.807, 2.05) is 106 Å². The number of nitrogens with zero attached hydrogens (tertiary/aromatic N) is 1. The van der Waals surface area contributed by atoms with Crippen LogP contribution in [0.1, 0.15) is 36.1 Å². The lowest BCUT2D eigenvalue weighted by Gasteiger charge is -2.32. The van der Waals surface area contributed by atoms with E-state index >= 15 is 0 Å². The minimum atomic E-state index is -0.600. The summed E-state index contributed by atoms with van der Waals surface area (Å²) in [6.07, 6.45) is 0.721. The molecule has 0 radical (unpaired) electrons. The highest BCUT2D eigenvalue weighted by atomic mass is 16.2. The molecule has 0 saturated carbocycles. The number of hydrogen-bond donors (Lipinski definition) is 1. The average Bonchev–Trinajstić information content (AvgIpc) is 2.78. The lowest BCUT2D eigenvalue weighted by atomic mass is 10.0. The zero-order valence-corrected chi connectivity index (χ0v) is 19.1. The summed E-state index contributed by atoms with van der Waals surface area (Å²) in [4.78, 5) is 28.6. The molecule has 3 aromatic carbocycles. The van der Waals surface area contributed by atoms with Crippen LogP contribution >= 0.6 is 0 Å². The van der Waals surface area contributed by atoms with E-state index in [1.54, 1.807) is 4.90 Å². The summed E-state index contributed by atoms with van der Waals surface area (Å²) in [7, 11) is 0. The maximum Gasteiger partial charge on any atom is 0.243 e. The fourth-order valence-corrected chi connectivity index (χ4v) is 3.70. The molecule has 0 unspecified atom stereocenters. The maximum atomic E-state index is 13.6. The molecule has 0 aromatic heterocycles. The highest BCUT2D eigenvalue weighted by Crippen LogP contribution is 2.17. The largest absolute Gasteiger partial charge is 0.352 e. The first-order valence-electron chi connectivity index (χ1n) is 11.2. The summed E-state index contributed by atoms with van der Waals surface area (Å²) in [5.41, 5.74) is 4.13. The number of nitrogens with one attached hydrogen (secondary N) is 1. The second kappa shape index (κ2) is 11.3. The van der Waals surface area contributed by atoms with Gasteiger partial charge in [0, 0.05) is 19.0 Å². The van der Waals surface area contributed by atoms with Gasteiger partial charge in [-0.2, -0.15) is 0 Å². The Morgan fingerprint density at radius 2 is 1.34 bits per heavy atom. The van der Waals surface area contributed by atoms with E-state index in [1.165, 1.54) is 0 Å². The Bertz CT molecular complexity index is 999. The van der Waals surface area contributed by atoms with Crippen LogP contribution in [0.25, 0.3) is 0 Å². The van der Waals surface area contributed by atoms with Crippen LogP contribution in [0.4, 0.5) is 0 Å². The van der Waals surface area contributed by atoms with Crippen molar-refractivity contribution in [3.05, 3.63) is 107 Å². The quantitative estimate of drug-likeness (QED) is 0.537. The second-order valence-electron chi connectivity index (χ2n) is 8.54. The van der Waals surface area contributed by atoms with Gasteiger partial charge in [0.1, 0.15) is 6.04 Å². The number of rotatable bonds is 9. The van der Waals surface area contributed by atoms with Gasteiger partial charge in [-0.25, -0.2) is 0 Å². The summed E-state index contributed by atoms with van der Waals surface area (Å²) < 4.78 is 0. The molecule has 0 aliphatic heterocycles. The van der Waals surface area contributed by atoms with Crippen molar-refractivity contribution in [2.24, 2.45) is 0 Å². The molecular weight excluding hydrogens is 396 g/mol. The molecule has 166 valence electrons. The van der Waals surface area contributed by atoms with Crippen molar-refractivity contribution in [2.45, 2.75) is 52.2 Å². The number of carbonyl (C=O) groups is 2. The van der Waals surface area contributed by atoms with E-state index in [0.717, 1.165) is 22.3 Å². The minimum absolute atomic E-state index is 0.00813. The van der Waals surface area contributed by atoms with Crippen LogP contribution < -0.4 is 5.32 Å². The fourth-order valence-electron chi connectivity index (χ4n) is 3.70. The van der Waals surface area contributed by atoms with Crippen molar-refractivity contribution < 1.29 is 9.59 Å². The minimum Gasteiger partial charge on any atom is -0.352 e. The highest BCUT2D eigenvalue weighted by Gasteiger charge is 2.30. The lowest BCUT2D eigenvalue weighted by Crippen LogP contribution is -2.52. The average molecular weight is 429 g/mol. The molecule has 0 aliphatic rings. The van der Waals surface area contributed by atoms with Gasteiger partial charge in [-0.3, -0.25) is 9.59 Å². The Hall–Kier alpha value is -3.40. The van der Waals surface area contributed by atoms with Crippen LogP contribution in [-0.2, 0) is 29.0 Å². The zero-order chi connectivity index (χ0) is 22.9. The Morgan fingerprint density at radius 1 is 0.781 bits per heavy atom. The third-order valence-electron chi connectivity index (χ3n) is 5.37. The monoisotopic (exact) mass is 428 g/mol. The predicted molar refractivity (Wildman–Crippen MR) is 129 cm³/mol. The van der Waals surface area contributed by atoms with E-state index in [2.05, 4.69) is 5.32 Å². The number of aryl methyl sites for hydroxylation is 1. The number of carbonyl (C=O) groups excluding carboxylic acids is 2. The number of hydrogen-bond acceptors (Lipinski definition) is 2. The Labute approximate surface area is 191 Å². The van der Waals surface area contributed by atoms with E-state index in [-0.39, 0.29) is 24.3 Å². The first kappa shape index (κ1) is 23.3. The standard InChI is InChI=1S/C28H32N2O2/c1-21(2)29-28(32)26(18-23-10-6-4-7-11-23)30(20-25-16-14-22(3)15-17-25)27(31)19-24-12-8-5-9-13-24/h4-17,21,26H,18-20H2,1-3H3,(H,29,32)/t26-/m0/s1. The van der Waals surface area contributed by atoms with Crippen molar-refractivity contribution in [2.75, 3.05) is 0 Å². The van der Waals surface area contributed by atoms with Gasteiger partial charge in [0.25, 0.3) is 0 Å². The molecule has 2 amide bonds. The molecule has 1 N–H and O–H groups in total. The fraction of sp³-hybridized carbons (Fsp3) is 0.286. The topological polar surface area (TPSA) is 49.4 Å². The Balaban J connectivity index is 1.94. The first-order chi connectivity index (χ1) is 15.4. The van der Waals surface area contributed by atoms with E-state index in [4.69, 9.17) is 0 Å². The van der Waals surface area contributed by atoms with Gasteiger partial charge in [-0.1, -0.05) is 90.5 Å². The molecule has 3 aromatic rings. The molecular formula is C28H32N2O2. The van der Waals surface area contributed by atoms with Gasteiger partial charge >= 0.3 is 0 Å². The molecule has 0 aliphatic carbocycles. The van der Waals surface area contributed by atoms with Crippen molar-refractivity contribution in [1.82, 2.24) is 10.2 Å². The highest BCUT2D eigenvalue weighted by molar-refractivity contribution is 5.89. The van der Waals surface area contributed by atoms with Crippen molar-refractivity contribution in [1.29, 1.82) is 0 Å². The molecule has 1 atom stereocenters. The number of benzene rings is 3. The van der Waals surface area contributed by atoms with Crippen LogP contribution in [0.2, 0.25) is 0 Å². The third kappa shape index (κ3) is 6.81. The summed E-state index contributed by atoms with van der Waals surface area (Å²) in [6, 6.07) is 27.1. The van der Waals surface area contributed by atoms with Crippen molar-refractivity contribution in [3.63, 3.8) is 0 Å². The van der Waals surface area contributed by atoms with Crippen molar-refractivity contribution >= 4 is 11.8 Å². The number of amides is 2. The van der Waals surface area contributed by atoms with Crippen LogP contribution in [-0.4, -0.2) is 28.8 Å². The maximum absolute atomic E-state index is 13.6. The molecule has 3 rings (SSSR count). The molecule has 0 saturated heterocycles. The normalized spacial score (nSPS) is 11.8. The molecule has 0 bridgehead atoms. The Morgan fingerprint density at radius 3 is 1.91 bits per heavy atom. The van der Waals surface area contributed by atoms with Gasteiger partial charge in [0.15, 0.2) is 0 Å². The van der Waals surface area contributed by atoms with Crippen LogP contribution in [0.15, 0.2) is 84.9 Å². The molecule has 0 spiro atoms.